The van der Waals surface area contributed by atoms with Gasteiger partial charge in [0.1, 0.15) is 11.4 Å². The topological polar surface area (TPSA) is 67.9 Å². The molecule has 6 nitrogen and oxygen atoms in total. The highest BCUT2D eigenvalue weighted by atomic mass is 16.5. The SMILES string of the molecule is COc1ccc(CCNC(=O)[C@@H]2[C@@H]3C=C[C@@]4(CN(c5ccccc5)C(=O)[C@@H]24)O3)cc1. The number of methoxy groups -OCH3 is 1. The number of para-hydroxylation sites is 1. The minimum Gasteiger partial charge on any atom is -0.497 e. The maximum absolute atomic E-state index is 13.3. The Bertz CT molecular complexity index is 988. The van der Waals surface area contributed by atoms with E-state index in [9.17, 15) is 9.59 Å². The molecule has 3 aliphatic rings. The van der Waals surface area contributed by atoms with Crippen LogP contribution in [0.4, 0.5) is 5.69 Å². The first-order valence-corrected chi connectivity index (χ1v) is 10.3. The second kappa shape index (κ2) is 7.29. The van der Waals surface area contributed by atoms with E-state index in [0.717, 1.165) is 17.0 Å². The zero-order valence-electron chi connectivity index (χ0n) is 16.8. The molecule has 2 fully saturated rings. The highest BCUT2D eigenvalue weighted by Crippen LogP contribution is 2.52. The summed E-state index contributed by atoms with van der Waals surface area (Å²) in [5.74, 6) is -0.321. The third kappa shape index (κ3) is 2.99. The standard InChI is InChI=1S/C24H24N2O4/c1-29-18-9-7-16(8-10-18)12-14-25-22(27)20-19-11-13-24(30-19)15-26(23(28)21(20)24)17-5-3-2-4-6-17/h2-11,13,19-21H,12,14-15H2,1H3,(H,25,27)/t19-,20+,21+,24-/m0/s1. The van der Waals surface area contributed by atoms with Gasteiger partial charge in [-0.25, -0.2) is 0 Å². The van der Waals surface area contributed by atoms with Gasteiger partial charge in [-0.05, 0) is 36.2 Å². The molecule has 2 amide bonds. The normalized spacial score (nSPS) is 28.6. The molecule has 2 bridgehead atoms. The number of benzene rings is 2. The van der Waals surface area contributed by atoms with Crippen molar-refractivity contribution in [3.05, 3.63) is 72.3 Å². The second-order valence-electron chi connectivity index (χ2n) is 8.05. The summed E-state index contributed by atoms with van der Waals surface area (Å²) >= 11 is 0. The number of hydrogen-bond acceptors (Lipinski definition) is 4. The van der Waals surface area contributed by atoms with Gasteiger partial charge in [0.15, 0.2) is 0 Å². The fraction of sp³-hybridized carbons (Fsp3) is 0.333. The lowest BCUT2D eigenvalue weighted by atomic mass is 9.77. The van der Waals surface area contributed by atoms with Gasteiger partial charge < -0.3 is 19.7 Å². The Hall–Kier alpha value is -3.12. The first kappa shape index (κ1) is 18.9. The largest absolute Gasteiger partial charge is 0.497 e. The van der Waals surface area contributed by atoms with E-state index in [4.69, 9.17) is 9.47 Å². The minimum absolute atomic E-state index is 0.0386. The molecule has 3 heterocycles. The first-order valence-electron chi connectivity index (χ1n) is 10.3. The molecule has 0 unspecified atom stereocenters. The van der Waals surface area contributed by atoms with Crippen LogP contribution >= 0.6 is 0 Å². The number of carbonyl (C=O) groups excluding carboxylic acids is 2. The maximum atomic E-state index is 13.3. The van der Waals surface area contributed by atoms with E-state index in [0.29, 0.717) is 19.5 Å². The van der Waals surface area contributed by atoms with Gasteiger partial charge in [-0.2, -0.15) is 0 Å². The minimum atomic E-state index is -0.699. The van der Waals surface area contributed by atoms with Crippen LogP contribution in [0.1, 0.15) is 5.56 Å². The van der Waals surface area contributed by atoms with Gasteiger partial charge >= 0.3 is 0 Å². The number of carbonyl (C=O) groups is 2. The van der Waals surface area contributed by atoms with Crippen molar-refractivity contribution in [3.63, 3.8) is 0 Å². The predicted molar refractivity (Wildman–Crippen MR) is 112 cm³/mol. The van der Waals surface area contributed by atoms with E-state index < -0.39 is 17.4 Å². The molecule has 0 aromatic heterocycles. The van der Waals surface area contributed by atoms with Crippen LogP contribution in [0.5, 0.6) is 5.75 Å². The molecular weight excluding hydrogens is 380 g/mol. The van der Waals surface area contributed by atoms with E-state index in [-0.39, 0.29) is 17.9 Å². The van der Waals surface area contributed by atoms with Crippen molar-refractivity contribution >= 4 is 17.5 Å². The number of amides is 2. The monoisotopic (exact) mass is 404 g/mol. The maximum Gasteiger partial charge on any atom is 0.234 e. The van der Waals surface area contributed by atoms with E-state index in [1.807, 2.05) is 66.7 Å². The Kier molecular flexibility index (Phi) is 4.59. The van der Waals surface area contributed by atoms with Crippen molar-refractivity contribution in [3.8, 4) is 5.75 Å². The number of fused-ring (bicyclic) bond motifs is 1. The fourth-order valence-corrected chi connectivity index (χ4v) is 4.86. The molecule has 0 aliphatic carbocycles. The molecule has 4 atom stereocenters. The summed E-state index contributed by atoms with van der Waals surface area (Å²) in [6.45, 7) is 0.956. The summed E-state index contributed by atoms with van der Waals surface area (Å²) in [7, 11) is 1.64. The smallest absolute Gasteiger partial charge is 0.234 e. The third-order valence-electron chi connectivity index (χ3n) is 6.34. The summed E-state index contributed by atoms with van der Waals surface area (Å²) in [5, 5.41) is 3.02. The van der Waals surface area contributed by atoms with E-state index in [1.54, 1.807) is 12.0 Å². The molecule has 154 valence electrons. The number of nitrogens with one attached hydrogen (secondary N) is 1. The van der Waals surface area contributed by atoms with Crippen molar-refractivity contribution in [2.45, 2.75) is 18.1 Å². The highest BCUT2D eigenvalue weighted by molar-refractivity contribution is 6.03. The van der Waals surface area contributed by atoms with Crippen LogP contribution in [0.2, 0.25) is 0 Å². The second-order valence-corrected chi connectivity index (χ2v) is 8.05. The fourth-order valence-electron chi connectivity index (χ4n) is 4.86. The van der Waals surface area contributed by atoms with E-state index in [1.165, 1.54) is 0 Å². The first-order chi connectivity index (χ1) is 14.6. The summed E-state index contributed by atoms with van der Waals surface area (Å²) in [6.07, 6.45) is 4.29. The molecule has 0 saturated carbocycles. The number of rotatable bonds is 6. The van der Waals surface area contributed by atoms with Crippen molar-refractivity contribution in [2.24, 2.45) is 11.8 Å². The van der Waals surface area contributed by atoms with E-state index >= 15 is 0 Å². The van der Waals surface area contributed by atoms with Crippen LogP contribution < -0.4 is 15.0 Å². The lowest BCUT2D eigenvalue weighted by Gasteiger charge is -2.23. The van der Waals surface area contributed by atoms with Crippen LogP contribution in [0.15, 0.2) is 66.7 Å². The number of ether oxygens (including phenoxy) is 2. The summed E-state index contributed by atoms with van der Waals surface area (Å²) in [6, 6.07) is 17.4. The van der Waals surface area contributed by atoms with Gasteiger partial charge in [0.2, 0.25) is 11.8 Å². The van der Waals surface area contributed by atoms with Gasteiger partial charge in [-0.15, -0.1) is 0 Å². The Morgan fingerprint density at radius 2 is 1.97 bits per heavy atom. The Morgan fingerprint density at radius 1 is 1.20 bits per heavy atom. The van der Waals surface area contributed by atoms with Crippen LogP contribution in [-0.2, 0) is 20.7 Å². The van der Waals surface area contributed by atoms with Gasteiger partial charge in [-0.1, -0.05) is 42.5 Å². The van der Waals surface area contributed by atoms with E-state index in [2.05, 4.69) is 5.32 Å². The third-order valence-corrected chi connectivity index (χ3v) is 6.34. The Balaban J connectivity index is 1.27. The van der Waals surface area contributed by atoms with Crippen molar-refractivity contribution in [1.82, 2.24) is 5.32 Å². The van der Waals surface area contributed by atoms with Crippen LogP contribution in [0.25, 0.3) is 0 Å². The molecule has 3 aliphatic heterocycles. The summed E-state index contributed by atoms with van der Waals surface area (Å²) < 4.78 is 11.4. The van der Waals surface area contributed by atoms with Crippen molar-refractivity contribution in [1.29, 1.82) is 0 Å². The Labute approximate surface area is 175 Å². The molecule has 6 heteroatoms. The molecule has 1 N–H and O–H groups in total. The van der Waals surface area contributed by atoms with Gasteiger partial charge in [-0.3, -0.25) is 9.59 Å². The van der Waals surface area contributed by atoms with Crippen LogP contribution in [0, 0.1) is 11.8 Å². The molecule has 2 aromatic carbocycles. The zero-order valence-corrected chi connectivity index (χ0v) is 16.8. The zero-order chi connectivity index (χ0) is 20.7. The predicted octanol–water partition coefficient (Wildman–Crippen LogP) is 2.34. The molecule has 30 heavy (non-hydrogen) atoms. The summed E-state index contributed by atoms with van der Waals surface area (Å²) in [4.78, 5) is 28.0. The lowest BCUT2D eigenvalue weighted by Crippen LogP contribution is -2.44. The average molecular weight is 404 g/mol. The molecule has 2 aromatic rings. The quantitative estimate of drug-likeness (QED) is 0.751. The van der Waals surface area contributed by atoms with Crippen molar-refractivity contribution < 1.29 is 19.1 Å². The summed E-state index contributed by atoms with van der Waals surface area (Å²) in [5.41, 5.74) is 1.25. The molecule has 1 spiro atoms. The lowest BCUT2D eigenvalue weighted by molar-refractivity contribution is -0.131. The molecule has 2 saturated heterocycles. The number of anilines is 1. The Morgan fingerprint density at radius 3 is 2.70 bits per heavy atom. The molecular formula is C24H24N2O4. The number of hydrogen-bond donors (Lipinski definition) is 1. The highest BCUT2D eigenvalue weighted by Gasteiger charge is 2.66. The van der Waals surface area contributed by atoms with Crippen LogP contribution in [0.3, 0.4) is 0 Å². The van der Waals surface area contributed by atoms with Gasteiger partial charge in [0.25, 0.3) is 0 Å². The van der Waals surface area contributed by atoms with Gasteiger partial charge in [0.05, 0.1) is 31.6 Å². The number of nitrogens with zero attached hydrogens (tertiary/aromatic N) is 1. The van der Waals surface area contributed by atoms with Gasteiger partial charge in [0, 0.05) is 12.2 Å². The molecule has 0 radical (unpaired) electrons. The van der Waals surface area contributed by atoms with Crippen molar-refractivity contribution in [2.75, 3.05) is 25.1 Å². The molecule has 5 rings (SSSR count). The van der Waals surface area contributed by atoms with Crippen LogP contribution in [-0.4, -0.2) is 43.7 Å². The average Bonchev–Trinajstić information content (AvgIpc) is 3.43.